The third kappa shape index (κ3) is 1.37. The summed E-state index contributed by atoms with van der Waals surface area (Å²) in [6.07, 6.45) is 0. The van der Waals surface area contributed by atoms with Crippen LogP contribution in [-0.4, -0.2) is 12.1 Å². The number of hydrogen-bond donors (Lipinski definition) is 1. The molecule has 2 heteroatoms. The van der Waals surface area contributed by atoms with Gasteiger partial charge in [-0.3, -0.25) is 0 Å². The van der Waals surface area contributed by atoms with Gasteiger partial charge in [-0.15, -0.1) is 0 Å². The summed E-state index contributed by atoms with van der Waals surface area (Å²) in [7, 11) is 1.72. The first-order valence-electron chi connectivity index (χ1n) is 6.34. The van der Waals surface area contributed by atoms with Gasteiger partial charge in [0.05, 0.1) is 12.6 Å². The smallest absolute Gasteiger partial charge is 0.128 e. The standard InChI is InChI=1S/C17H13NO/c1-19-16-10-15-17(12-7-3-2-6-11(12)16)13-8-4-5-9-14(13)18-15/h2-10,18H,1H3. The van der Waals surface area contributed by atoms with Crippen molar-refractivity contribution in [3.8, 4) is 5.75 Å². The maximum Gasteiger partial charge on any atom is 0.128 e. The van der Waals surface area contributed by atoms with E-state index in [4.69, 9.17) is 4.74 Å². The van der Waals surface area contributed by atoms with E-state index in [1.807, 2.05) is 6.07 Å². The van der Waals surface area contributed by atoms with Crippen LogP contribution in [0.5, 0.6) is 5.75 Å². The van der Waals surface area contributed by atoms with E-state index >= 15 is 0 Å². The van der Waals surface area contributed by atoms with Gasteiger partial charge >= 0.3 is 0 Å². The van der Waals surface area contributed by atoms with Crippen molar-refractivity contribution in [2.45, 2.75) is 0 Å². The van der Waals surface area contributed by atoms with Crippen LogP contribution >= 0.6 is 0 Å². The Morgan fingerprint density at radius 1 is 0.789 bits per heavy atom. The lowest BCUT2D eigenvalue weighted by Crippen LogP contribution is -1.85. The molecule has 4 aromatic rings. The molecule has 0 aliphatic rings. The maximum absolute atomic E-state index is 5.51. The van der Waals surface area contributed by atoms with Gasteiger partial charge in [-0.05, 0) is 11.5 Å². The topological polar surface area (TPSA) is 25.0 Å². The normalized spacial score (nSPS) is 11.4. The SMILES string of the molecule is COc1cc2[nH]c3ccccc3c2c2ccccc12. The van der Waals surface area contributed by atoms with Crippen LogP contribution in [0.1, 0.15) is 0 Å². The summed E-state index contributed by atoms with van der Waals surface area (Å²) in [4.78, 5) is 3.46. The van der Waals surface area contributed by atoms with E-state index in [0.29, 0.717) is 0 Å². The summed E-state index contributed by atoms with van der Waals surface area (Å²) in [5.74, 6) is 0.912. The number of ether oxygens (including phenoxy) is 1. The zero-order valence-electron chi connectivity index (χ0n) is 10.6. The number of para-hydroxylation sites is 1. The lowest BCUT2D eigenvalue weighted by atomic mass is 10.0. The fourth-order valence-electron chi connectivity index (χ4n) is 2.85. The minimum Gasteiger partial charge on any atom is -0.496 e. The predicted molar refractivity (Wildman–Crippen MR) is 79.9 cm³/mol. The van der Waals surface area contributed by atoms with Crippen molar-refractivity contribution in [3.05, 3.63) is 54.6 Å². The number of fused-ring (bicyclic) bond motifs is 5. The van der Waals surface area contributed by atoms with Crippen LogP contribution in [0.2, 0.25) is 0 Å². The van der Waals surface area contributed by atoms with Crippen molar-refractivity contribution in [2.24, 2.45) is 0 Å². The molecule has 19 heavy (non-hydrogen) atoms. The van der Waals surface area contributed by atoms with E-state index in [1.54, 1.807) is 7.11 Å². The second-order valence-corrected chi connectivity index (χ2v) is 4.72. The predicted octanol–water partition coefficient (Wildman–Crippen LogP) is 4.48. The number of benzene rings is 3. The minimum absolute atomic E-state index is 0.912. The number of aromatic nitrogens is 1. The van der Waals surface area contributed by atoms with Crippen molar-refractivity contribution < 1.29 is 4.74 Å². The van der Waals surface area contributed by atoms with Crippen LogP contribution in [0.25, 0.3) is 32.6 Å². The maximum atomic E-state index is 5.51. The first-order chi connectivity index (χ1) is 9.38. The number of H-pyrrole nitrogens is 1. The first kappa shape index (κ1) is 10.4. The van der Waals surface area contributed by atoms with Crippen molar-refractivity contribution in [1.29, 1.82) is 0 Å². The van der Waals surface area contributed by atoms with E-state index in [2.05, 4.69) is 53.5 Å². The fraction of sp³-hybridized carbons (Fsp3) is 0.0588. The lowest BCUT2D eigenvalue weighted by Gasteiger charge is -2.06. The molecule has 4 rings (SSSR count). The first-order valence-corrected chi connectivity index (χ1v) is 6.34. The lowest BCUT2D eigenvalue weighted by molar-refractivity contribution is 0.420. The van der Waals surface area contributed by atoms with Gasteiger partial charge in [-0.1, -0.05) is 42.5 Å². The molecule has 3 aromatic carbocycles. The molecule has 2 nitrogen and oxygen atoms in total. The van der Waals surface area contributed by atoms with E-state index in [1.165, 1.54) is 16.2 Å². The van der Waals surface area contributed by atoms with Crippen LogP contribution < -0.4 is 4.74 Å². The highest BCUT2D eigenvalue weighted by Gasteiger charge is 2.11. The summed E-state index contributed by atoms with van der Waals surface area (Å²) in [5, 5.41) is 4.92. The fourth-order valence-corrected chi connectivity index (χ4v) is 2.85. The van der Waals surface area contributed by atoms with Crippen molar-refractivity contribution in [1.82, 2.24) is 4.98 Å². The second-order valence-electron chi connectivity index (χ2n) is 4.72. The number of hydrogen-bond acceptors (Lipinski definition) is 1. The molecule has 0 saturated carbocycles. The Morgan fingerprint density at radius 3 is 2.26 bits per heavy atom. The Kier molecular flexibility index (Phi) is 2.06. The van der Waals surface area contributed by atoms with Crippen molar-refractivity contribution in [2.75, 3.05) is 7.11 Å². The quantitative estimate of drug-likeness (QED) is 0.527. The van der Waals surface area contributed by atoms with Crippen molar-refractivity contribution >= 4 is 32.6 Å². The van der Waals surface area contributed by atoms with Gasteiger partial charge in [0, 0.05) is 27.7 Å². The van der Waals surface area contributed by atoms with Gasteiger partial charge in [0.25, 0.3) is 0 Å². The highest BCUT2D eigenvalue weighted by molar-refractivity contribution is 6.21. The Labute approximate surface area is 110 Å². The highest BCUT2D eigenvalue weighted by Crippen LogP contribution is 2.37. The molecule has 0 unspecified atom stereocenters. The summed E-state index contributed by atoms with van der Waals surface area (Å²) in [5.41, 5.74) is 2.28. The van der Waals surface area contributed by atoms with Crippen LogP contribution in [0.15, 0.2) is 54.6 Å². The van der Waals surface area contributed by atoms with Crippen LogP contribution in [-0.2, 0) is 0 Å². The zero-order chi connectivity index (χ0) is 12.8. The minimum atomic E-state index is 0.912. The van der Waals surface area contributed by atoms with E-state index in [0.717, 1.165) is 22.2 Å². The van der Waals surface area contributed by atoms with Gasteiger partial charge in [-0.2, -0.15) is 0 Å². The van der Waals surface area contributed by atoms with Crippen LogP contribution in [0, 0.1) is 0 Å². The molecule has 0 atom stereocenters. The Morgan fingerprint density at radius 2 is 1.47 bits per heavy atom. The molecule has 0 saturated heterocycles. The summed E-state index contributed by atoms with van der Waals surface area (Å²) < 4.78 is 5.51. The van der Waals surface area contributed by atoms with E-state index in [-0.39, 0.29) is 0 Å². The molecule has 0 aliphatic heterocycles. The Bertz CT molecular complexity index is 905. The molecule has 0 amide bonds. The number of methoxy groups -OCH3 is 1. The van der Waals surface area contributed by atoms with Gasteiger partial charge in [-0.25, -0.2) is 0 Å². The monoisotopic (exact) mass is 247 g/mol. The van der Waals surface area contributed by atoms with Gasteiger partial charge in [0.1, 0.15) is 5.75 Å². The molecule has 1 heterocycles. The van der Waals surface area contributed by atoms with E-state index < -0.39 is 0 Å². The largest absolute Gasteiger partial charge is 0.496 e. The Balaban J connectivity index is 2.34. The molecule has 1 aromatic heterocycles. The molecule has 0 fully saturated rings. The number of rotatable bonds is 1. The summed E-state index contributed by atoms with van der Waals surface area (Å²) in [6, 6.07) is 18.9. The average Bonchev–Trinajstić information content (AvgIpc) is 2.84. The Hall–Kier alpha value is -2.48. The molecule has 92 valence electrons. The second kappa shape index (κ2) is 3.75. The average molecular weight is 247 g/mol. The third-order valence-corrected chi connectivity index (χ3v) is 3.69. The molecule has 1 N–H and O–H groups in total. The molecule has 0 bridgehead atoms. The zero-order valence-corrected chi connectivity index (χ0v) is 10.6. The molecular formula is C17H13NO. The van der Waals surface area contributed by atoms with E-state index in [9.17, 15) is 0 Å². The number of aromatic amines is 1. The third-order valence-electron chi connectivity index (χ3n) is 3.69. The summed E-state index contributed by atoms with van der Waals surface area (Å²) >= 11 is 0. The highest BCUT2D eigenvalue weighted by atomic mass is 16.5. The van der Waals surface area contributed by atoms with Gasteiger partial charge < -0.3 is 9.72 Å². The van der Waals surface area contributed by atoms with Gasteiger partial charge in [0.2, 0.25) is 0 Å². The number of nitrogens with one attached hydrogen (secondary N) is 1. The van der Waals surface area contributed by atoms with Crippen LogP contribution in [0.3, 0.4) is 0 Å². The van der Waals surface area contributed by atoms with Gasteiger partial charge in [0.15, 0.2) is 0 Å². The van der Waals surface area contributed by atoms with Crippen molar-refractivity contribution in [3.63, 3.8) is 0 Å². The molecule has 0 spiro atoms. The van der Waals surface area contributed by atoms with Crippen LogP contribution in [0.4, 0.5) is 0 Å². The molecule has 0 aliphatic carbocycles. The molecular weight excluding hydrogens is 234 g/mol. The molecule has 0 radical (unpaired) electrons. The summed E-state index contributed by atoms with van der Waals surface area (Å²) in [6.45, 7) is 0.